The summed E-state index contributed by atoms with van der Waals surface area (Å²) in [5, 5.41) is 8.25. The van der Waals surface area contributed by atoms with E-state index in [0.29, 0.717) is 30.2 Å². The maximum Gasteiger partial charge on any atom is 0.275 e. The highest BCUT2D eigenvalue weighted by molar-refractivity contribution is 7.09. The molecule has 1 aromatic carbocycles. The van der Waals surface area contributed by atoms with E-state index in [0.717, 1.165) is 5.01 Å². The molecule has 0 saturated heterocycles. The maximum absolute atomic E-state index is 12.3. The number of thiazole rings is 1. The summed E-state index contributed by atoms with van der Waals surface area (Å²) in [5.74, 6) is -0.376. The van der Waals surface area contributed by atoms with Crippen molar-refractivity contribution in [1.82, 2.24) is 14.8 Å². The standard InChI is InChI=1S/C17H23N5O2S/c1-21(2)9-15(23)18-12-6-5-7-13(8-12)19-17(24)14-11-25-16(20-14)10-22(3)4/h5-8,11H,9-10H2,1-4H3,(H,18,23)(H,19,24). The molecule has 2 amide bonds. The minimum absolute atomic E-state index is 0.110. The first-order valence-electron chi connectivity index (χ1n) is 7.78. The van der Waals surface area contributed by atoms with Crippen LogP contribution in [0.15, 0.2) is 29.6 Å². The molecule has 0 aliphatic heterocycles. The van der Waals surface area contributed by atoms with Crippen LogP contribution in [0, 0.1) is 0 Å². The van der Waals surface area contributed by atoms with E-state index in [1.807, 2.05) is 33.1 Å². The molecule has 2 aromatic rings. The molecule has 1 aromatic heterocycles. The Kier molecular flexibility index (Phi) is 6.63. The molecule has 7 nitrogen and oxygen atoms in total. The van der Waals surface area contributed by atoms with E-state index in [-0.39, 0.29) is 11.8 Å². The lowest BCUT2D eigenvalue weighted by atomic mass is 10.2. The van der Waals surface area contributed by atoms with Gasteiger partial charge in [0.1, 0.15) is 10.7 Å². The number of likely N-dealkylation sites (N-methyl/N-ethyl adjacent to an activating group) is 1. The zero-order chi connectivity index (χ0) is 18.4. The third-order valence-corrected chi connectivity index (χ3v) is 3.93. The highest BCUT2D eigenvalue weighted by Gasteiger charge is 2.12. The maximum atomic E-state index is 12.3. The fourth-order valence-corrected chi connectivity index (χ4v) is 3.01. The summed E-state index contributed by atoms with van der Waals surface area (Å²) in [7, 11) is 7.57. The fraction of sp³-hybridized carbons (Fsp3) is 0.353. The van der Waals surface area contributed by atoms with Gasteiger partial charge in [-0.05, 0) is 46.4 Å². The number of carbonyl (C=O) groups excluding carboxylic acids is 2. The van der Waals surface area contributed by atoms with Crippen LogP contribution in [0.5, 0.6) is 0 Å². The molecule has 0 fully saturated rings. The quantitative estimate of drug-likeness (QED) is 0.788. The third kappa shape index (κ3) is 6.26. The zero-order valence-electron chi connectivity index (χ0n) is 14.9. The van der Waals surface area contributed by atoms with Crippen LogP contribution in [0.3, 0.4) is 0 Å². The summed E-state index contributed by atoms with van der Waals surface area (Å²) in [4.78, 5) is 32.3. The largest absolute Gasteiger partial charge is 0.325 e. The second-order valence-electron chi connectivity index (χ2n) is 6.19. The first-order chi connectivity index (χ1) is 11.8. The predicted molar refractivity (Wildman–Crippen MR) is 101 cm³/mol. The summed E-state index contributed by atoms with van der Waals surface area (Å²) in [5.41, 5.74) is 1.63. The second kappa shape index (κ2) is 8.70. The van der Waals surface area contributed by atoms with Crippen molar-refractivity contribution >= 4 is 34.5 Å². The molecule has 0 aliphatic carbocycles. The number of nitrogens with zero attached hydrogens (tertiary/aromatic N) is 3. The topological polar surface area (TPSA) is 77.6 Å². The normalized spacial score (nSPS) is 11.0. The van der Waals surface area contributed by atoms with Gasteiger partial charge < -0.3 is 20.4 Å². The van der Waals surface area contributed by atoms with Crippen molar-refractivity contribution in [3.05, 3.63) is 40.3 Å². The lowest BCUT2D eigenvalue weighted by Gasteiger charge is -2.11. The highest BCUT2D eigenvalue weighted by atomic mass is 32.1. The molecule has 1 heterocycles. The molecule has 0 spiro atoms. The van der Waals surface area contributed by atoms with Crippen molar-refractivity contribution in [3.63, 3.8) is 0 Å². The van der Waals surface area contributed by atoms with E-state index < -0.39 is 0 Å². The van der Waals surface area contributed by atoms with Gasteiger partial charge in [-0.1, -0.05) is 6.07 Å². The summed E-state index contributed by atoms with van der Waals surface area (Å²) < 4.78 is 0. The van der Waals surface area contributed by atoms with Crippen molar-refractivity contribution in [3.8, 4) is 0 Å². The summed E-state index contributed by atoms with van der Waals surface area (Å²) in [6.07, 6.45) is 0. The predicted octanol–water partition coefficient (Wildman–Crippen LogP) is 1.96. The molecule has 2 N–H and O–H groups in total. The molecular formula is C17H23N5O2S. The average molecular weight is 361 g/mol. The summed E-state index contributed by atoms with van der Waals surface area (Å²) in [6.45, 7) is 0.995. The van der Waals surface area contributed by atoms with Crippen molar-refractivity contribution in [2.75, 3.05) is 45.4 Å². The van der Waals surface area contributed by atoms with Gasteiger partial charge in [-0.25, -0.2) is 4.98 Å². The van der Waals surface area contributed by atoms with Crippen molar-refractivity contribution in [2.24, 2.45) is 0 Å². The van der Waals surface area contributed by atoms with E-state index in [4.69, 9.17) is 0 Å². The van der Waals surface area contributed by atoms with E-state index in [2.05, 4.69) is 15.6 Å². The average Bonchev–Trinajstić information content (AvgIpc) is 2.94. The van der Waals surface area contributed by atoms with Gasteiger partial charge in [-0.3, -0.25) is 9.59 Å². The van der Waals surface area contributed by atoms with Crippen LogP contribution in [-0.2, 0) is 11.3 Å². The SMILES string of the molecule is CN(C)CC(=O)Nc1cccc(NC(=O)c2csc(CN(C)C)n2)c1. The molecule has 0 radical (unpaired) electrons. The smallest absolute Gasteiger partial charge is 0.275 e. The molecule has 25 heavy (non-hydrogen) atoms. The van der Waals surface area contributed by atoms with Gasteiger partial charge in [0.15, 0.2) is 0 Å². The number of rotatable bonds is 7. The highest BCUT2D eigenvalue weighted by Crippen LogP contribution is 2.17. The van der Waals surface area contributed by atoms with Crippen LogP contribution in [0.4, 0.5) is 11.4 Å². The molecule has 8 heteroatoms. The number of amides is 2. The third-order valence-electron chi connectivity index (χ3n) is 3.10. The minimum atomic E-state index is -0.266. The number of hydrogen-bond acceptors (Lipinski definition) is 6. The van der Waals surface area contributed by atoms with Crippen LogP contribution in [0.25, 0.3) is 0 Å². The van der Waals surface area contributed by atoms with E-state index >= 15 is 0 Å². The Balaban J connectivity index is 2.00. The first-order valence-corrected chi connectivity index (χ1v) is 8.66. The van der Waals surface area contributed by atoms with Crippen molar-refractivity contribution < 1.29 is 9.59 Å². The Morgan fingerprint density at radius 3 is 2.40 bits per heavy atom. The lowest BCUT2D eigenvalue weighted by molar-refractivity contribution is -0.116. The number of benzene rings is 1. The Morgan fingerprint density at radius 2 is 1.76 bits per heavy atom. The lowest BCUT2D eigenvalue weighted by Crippen LogP contribution is -2.27. The number of hydrogen-bond donors (Lipinski definition) is 2. The Bertz CT molecular complexity index is 742. The van der Waals surface area contributed by atoms with Gasteiger partial charge in [-0.15, -0.1) is 11.3 Å². The Morgan fingerprint density at radius 1 is 1.08 bits per heavy atom. The van der Waals surface area contributed by atoms with Crippen LogP contribution in [-0.4, -0.2) is 61.3 Å². The first kappa shape index (κ1) is 19.0. The van der Waals surface area contributed by atoms with Crippen LogP contribution in [0.2, 0.25) is 0 Å². The fourth-order valence-electron chi connectivity index (χ4n) is 2.12. The van der Waals surface area contributed by atoms with Gasteiger partial charge in [0, 0.05) is 23.3 Å². The Labute approximate surface area is 151 Å². The zero-order valence-corrected chi connectivity index (χ0v) is 15.7. The van der Waals surface area contributed by atoms with E-state index in [1.165, 1.54) is 11.3 Å². The monoisotopic (exact) mass is 361 g/mol. The minimum Gasteiger partial charge on any atom is -0.325 e. The second-order valence-corrected chi connectivity index (χ2v) is 7.13. The van der Waals surface area contributed by atoms with Gasteiger partial charge in [-0.2, -0.15) is 0 Å². The Hall–Kier alpha value is -2.29. The molecule has 0 bridgehead atoms. The van der Waals surface area contributed by atoms with E-state index in [9.17, 15) is 9.59 Å². The van der Waals surface area contributed by atoms with Crippen LogP contribution < -0.4 is 10.6 Å². The molecular weight excluding hydrogens is 338 g/mol. The van der Waals surface area contributed by atoms with Gasteiger partial charge >= 0.3 is 0 Å². The molecule has 0 saturated carbocycles. The molecule has 2 rings (SSSR count). The van der Waals surface area contributed by atoms with Crippen molar-refractivity contribution in [2.45, 2.75) is 6.54 Å². The van der Waals surface area contributed by atoms with Gasteiger partial charge in [0.25, 0.3) is 5.91 Å². The van der Waals surface area contributed by atoms with Crippen LogP contribution in [0.1, 0.15) is 15.5 Å². The number of anilines is 2. The molecule has 134 valence electrons. The summed E-state index contributed by atoms with van der Waals surface area (Å²) >= 11 is 1.46. The molecule has 0 aliphatic rings. The number of aromatic nitrogens is 1. The summed E-state index contributed by atoms with van der Waals surface area (Å²) in [6, 6.07) is 7.05. The van der Waals surface area contributed by atoms with Gasteiger partial charge in [0.05, 0.1) is 6.54 Å². The molecule has 0 unspecified atom stereocenters. The number of nitrogens with one attached hydrogen (secondary N) is 2. The van der Waals surface area contributed by atoms with Crippen LogP contribution >= 0.6 is 11.3 Å². The number of carbonyl (C=O) groups is 2. The molecule has 0 atom stereocenters. The van der Waals surface area contributed by atoms with E-state index in [1.54, 1.807) is 34.5 Å². The van der Waals surface area contributed by atoms with Gasteiger partial charge in [0.2, 0.25) is 5.91 Å². The van der Waals surface area contributed by atoms with Crippen molar-refractivity contribution in [1.29, 1.82) is 0 Å².